The first-order valence-electron chi connectivity index (χ1n) is 5.97. The third-order valence-electron chi connectivity index (χ3n) is 3.13. The van der Waals surface area contributed by atoms with Gasteiger partial charge in [-0.3, -0.25) is 4.99 Å². The number of aliphatic imine (C=N–C) groups is 1. The van der Waals surface area contributed by atoms with Crippen LogP contribution in [0.3, 0.4) is 0 Å². The minimum absolute atomic E-state index is 0. The van der Waals surface area contributed by atoms with E-state index in [9.17, 15) is 0 Å². The van der Waals surface area contributed by atoms with E-state index in [0.717, 1.165) is 32.2 Å². The molecule has 2 saturated heterocycles. The predicted octanol–water partition coefficient (Wildman–Crippen LogP) is 1.45. The molecule has 2 aliphatic heterocycles. The van der Waals surface area contributed by atoms with Gasteiger partial charge in [-0.2, -0.15) is 0 Å². The Labute approximate surface area is 115 Å². The second kappa shape index (κ2) is 7.32. The lowest BCUT2D eigenvalue weighted by atomic mass is 10.2. The molecule has 0 aromatic heterocycles. The second-order valence-electron chi connectivity index (χ2n) is 4.26. The maximum atomic E-state index is 5.57. The van der Waals surface area contributed by atoms with Crippen LogP contribution in [0, 0.1) is 0 Å². The Morgan fingerprint density at radius 2 is 2.12 bits per heavy atom. The van der Waals surface area contributed by atoms with Crippen LogP contribution in [0.25, 0.3) is 0 Å². The Morgan fingerprint density at radius 3 is 2.69 bits per heavy atom. The number of ether oxygens (including phenoxy) is 1. The fourth-order valence-electron chi connectivity index (χ4n) is 2.27. The molecule has 2 aliphatic rings. The van der Waals surface area contributed by atoms with Gasteiger partial charge >= 0.3 is 0 Å². The monoisotopic (exact) mass is 339 g/mol. The number of rotatable bonds is 2. The molecule has 0 spiro atoms. The summed E-state index contributed by atoms with van der Waals surface area (Å²) >= 11 is 0. The number of likely N-dealkylation sites (tertiary alicyclic amines) is 1. The van der Waals surface area contributed by atoms with Gasteiger partial charge in [0.2, 0.25) is 0 Å². The molecule has 1 N–H and O–H groups in total. The third-order valence-corrected chi connectivity index (χ3v) is 3.13. The van der Waals surface area contributed by atoms with E-state index in [4.69, 9.17) is 4.74 Å². The van der Waals surface area contributed by atoms with Crippen molar-refractivity contribution in [3.63, 3.8) is 0 Å². The van der Waals surface area contributed by atoms with Gasteiger partial charge in [-0.1, -0.05) is 0 Å². The summed E-state index contributed by atoms with van der Waals surface area (Å²) in [5, 5.41) is 3.40. The minimum atomic E-state index is 0. The smallest absolute Gasteiger partial charge is 0.193 e. The molecule has 2 fully saturated rings. The average molecular weight is 339 g/mol. The summed E-state index contributed by atoms with van der Waals surface area (Å²) < 4.78 is 5.57. The van der Waals surface area contributed by atoms with Crippen LogP contribution >= 0.6 is 24.0 Å². The van der Waals surface area contributed by atoms with Crippen LogP contribution in [0.5, 0.6) is 0 Å². The largest absolute Gasteiger partial charge is 0.376 e. The summed E-state index contributed by atoms with van der Waals surface area (Å²) in [7, 11) is 1.86. The van der Waals surface area contributed by atoms with Crippen LogP contribution < -0.4 is 5.32 Å². The fraction of sp³-hybridized carbons (Fsp3) is 0.909. The highest BCUT2D eigenvalue weighted by molar-refractivity contribution is 14.0. The fourth-order valence-corrected chi connectivity index (χ4v) is 2.27. The molecule has 1 unspecified atom stereocenters. The zero-order valence-corrected chi connectivity index (χ0v) is 12.3. The van der Waals surface area contributed by atoms with Crippen LogP contribution in [-0.4, -0.2) is 50.3 Å². The van der Waals surface area contributed by atoms with Gasteiger partial charge in [0.05, 0.1) is 6.10 Å². The molecule has 2 rings (SSSR count). The van der Waals surface area contributed by atoms with Crippen molar-refractivity contribution < 1.29 is 4.74 Å². The van der Waals surface area contributed by atoms with Crippen LogP contribution in [-0.2, 0) is 4.74 Å². The number of nitrogens with one attached hydrogen (secondary N) is 1. The first-order chi connectivity index (χ1) is 7.40. The number of hydrogen-bond donors (Lipinski definition) is 1. The second-order valence-corrected chi connectivity index (χ2v) is 4.26. The summed E-state index contributed by atoms with van der Waals surface area (Å²) in [6, 6.07) is 0. The van der Waals surface area contributed by atoms with E-state index in [1.165, 1.54) is 25.7 Å². The van der Waals surface area contributed by atoms with E-state index >= 15 is 0 Å². The van der Waals surface area contributed by atoms with Crippen molar-refractivity contribution in [1.29, 1.82) is 0 Å². The van der Waals surface area contributed by atoms with Crippen LogP contribution in [0.2, 0.25) is 0 Å². The van der Waals surface area contributed by atoms with E-state index in [2.05, 4.69) is 15.2 Å². The van der Waals surface area contributed by atoms with Gasteiger partial charge in [0.15, 0.2) is 5.96 Å². The number of halogens is 1. The zero-order valence-electron chi connectivity index (χ0n) is 9.95. The maximum absolute atomic E-state index is 5.57. The van der Waals surface area contributed by atoms with Gasteiger partial charge in [-0.05, 0) is 25.7 Å². The molecular formula is C11H22IN3O. The molecule has 5 heteroatoms. The lowest BCUT2D eigenvalue weighted by molar-refractivity contribution is 0.113. The van der Waals surface area contributed by atoms with E-state index in [0.29, 0.717) is 6.10 Å². The molecular weight excluding hydrogens is 317 g/mol. The van der Waals surface area contributed by atoms with Gasteiger partial charge in [-0.15, -0.1) is 24.0 Å². The molecule has 0 amide bonds. The van der Waals surface area contributed by atoms with Crippen molar-refractivity contribution in [2.24, 2.45) is 4.99 Å². The minimum Gasteiger partial charge on any atom is -0.376 e. The van der Waals surface area contributed by atoms with E-state index in [1.807, 2.05) is 7.05 Å². The van der Waals surface area contributed by atoms with E-state index in [1.54, 1.807) is 0 Å². The first kappa shape index (κ1) is 14.0. The lowest BCUT2D eigenvalue weighted by Gasteiger charge is -2.22. The highest BCUT2D eigenvalue weighted by Gasteiger charge is 2.19. The van der Waals surface area contributed by atoms with Crippen molar-refractivity contribution in [3.05, 3.63) is 0 Å². The van der Waals surface area contributed by atoms with Crippen molar-refractivity contribution in [3.8, 4) is 0 Å². The summed E-state index contributed by atoms with van der Waals surface area (Å²) in [6.45, 7) is 4.12. The Hall–Kier alpha value is -0.0400. The Balaban J connectivity index is 0.00000128. The van der Waals surface area contributed by atoms with Gasteiger partial charge in [0, 0.05) is 33.3 Å². The normalized spacial score (nSPS) is 25.7. The Bertz CT molecular complexity index is 223. The van der Waals surface area contributed by atoms with Crippen molar-refractivity contribution in [2.45, 2.75) is 31.8 Å². The zero-order chi connectivity index (χ0) is 10.5. The van der Waals surface area contributed by atoms with Gasteiger partial charge in [-0.25, -0.2) is 0 Å². The number of nitrogens with zero attached hydrogens (tertiary/aromatic N) is 2. The predicted molar refractivity (Wildman–Crippen MR) is 76.6 cm³/mol. The molecule has 0 aliphatic carbocycles. The van der Waals surface area contributed by atoms with Crippen molar-refractivity contribution >= 4 is 29.9 Å². The summed E-state index contributed by atoms with van der Waals surface area (Å²) in [6.07, 6.45) is 5.37. The topological polar surface area (TPSA) is 36.9 Å². The Morgan fingerprint density at radius 1 is 1.38 bits per heavy atom. The standard InChI is InChI=1S/C11H21N3O.HI/c1-12-11(14-6-2-3-7-14)13-9-10-5-4-8-15-10;/h10H,2-9H2,1H3,(H,12,13);1H. The summed E-state index contributed by atoms with van der Waals surface area (Å²) in [4.78, 5) is 6.64. The van der Waals surface area contributed by atoms with Crippen molar-refractivity contribution in [2.75, 3.05) is 33.3 Å². The van der Waals surface area contributed by atoms with Gasteiger partial charge in [0.1, 0.15) is 0 Å². The average Bonchev–Trinajstić information content (AvgIpc) is 2.90. The molecule has 0 aromatic carbocycles. The molecule has 94 valence electrons. The molecule has 0 bridgehead atoms. The van der Waals surface area contributed by atoms with E-state index < -0.39 is 0 Å². The molecule has 2 heterocycles. The first-order valence-corrected chi connectivity index (χ1v) is 5.97. The third kappa shape index (κ3) is 3.76. The quantitative estimate of drug-likeness (QED) is 0.470. The van der Waals surface area contributed by atoms with E-state index in [-0.39, 0.29) is 24.0 Å². The number of hydrogen-bond acceptors (Lipinski definition) is 2. The number of guanidine groups is 1. The van der Waals surface area contributed by atoms with Gasteiger partial charge in [0.25, 0.3) is 0 Å². The van der Waals surface area contributed by atoms with Crippen LogP contribution in [0.15, 0.2) is 4.99 Å². The molecule has 1 atom stereocenters. The van der Waals surface area contributed by atoms with Crippen LogP contribution in [0.1, 0.15) is 25.7 Å². The SMILES string of the molecule is CN=C(NCC1CCCO1)N1CCCC1.I. The highest BCUT2D eigenvalue weighted by atomic mass is 127. The summed E-state index contributed by atoms with van der Waals surface area (Å²) in [5.41, 5.74) is 0. The molecule has 16 heavy (non-hydrogen) atoms. The molecule has 0 radical (unpaired) electrons. The molecule has 0 saturated carbocycles. The van der Waals surface area contributed by atoms with Crippen LogP contribution in [0.4, 0.5) is 0 Å². The summed E-state index contributed by atoms with van der Waals surface area (Å²) in [5.74, 6) is 1.04. The Kier molecular flexibility index (Phi) is 6.41. The molecule has 0 aromatic rings. The lowest BCUT2D eigenvalue weighted by Crippen LogP contribution is -2.42. The van der Waals surface area contributed by atoms with Crippen molar-refractivity contribution in [1.82, 2.24) is 10.2 Å². The highest BCUT2D eigenvalue weighted by Crippen LogP contribution is 2.11. The van der Waals surface area contributed by atoms with Gasteiger partial charge < -0.3 is 15.0 Å². The maximum Gasteiger partial charge on any atom is 0.193 e. The molecule has 4 nitrogen and oxygen atoms in total.